The van der Waals surface area contributed by atoms with Crippen molar-refractivity contribution in [2.45, 2.75) is 20.5 Å². The first-order valence-electron chi connectivity index (χ1n) is 11.6. The van der Waals surface area contributed by atoms with Crippen molar-refractivity contribution in [3.63, 3.8) is 0 Å². The van der Waals surface area contributed by atoms with Crippen molar-refractivity contribution in [3.8, 4) is 16.9 Å². The van der Waals surface area contributed by atoms with E-state index in [2.05, 4.69) is 30.6 Å². The quantitative estimate of drug-likeness (QED) is 0.297. The van der Waals surface area contributed by atoms with E-state index in [4.69, 9.17) is 0 Å². The molecule has 2 aromatic carbocycles. The van der Waals surface area contributed by atoms with E-state index >= 15 is 0 Å². The minimum absolute atomic E-state index is 0.322. The van der Waals surface area contributed by atoms with Crippen molar-refractivity contribution >= 4 is 23.2 Å². The zero-order valence-electron chi connectivity index (χ0n) is 20.3. The molecule has 0 aliphatic heterocycles. The second kappa shape index (κ2) is 10.4. The monoisotopic (exact) mass is 493 g/mol. The number of aryl methyl sites for hydroxylation is 2. The number of hydrogen-bond donors (Lipinski definition) is 2. The Balaban J connectivity index is 1.38. The Bertz CT molecular complexity index is 1570. The number of amides is 1. The van der Waals surface area contributed by atoms with Gasteiger partial charge in [-0.05, 0) is 73.5 Å². The summed E-state index contributed by atoms with van der Waals surface area (Å²) in [5.74, 6) is 0.0785. The van der Waals surface area contributed by atoms with E-state index in [1.54, 1.807) is 59.8 Å². The minimum atomic E-state index is -0.652. The van der Waals surface area contributed by atoms with Gasteiger partial charge in [-0.15, -0.1) is 0 Å². The van der Waals surface area contributed by atoms with Crippen molar-refractivity contribution in [1.29, 1.82) is 0 Å². The molecule has 0 saturated heterocycles. The van der Waals surface area contributed by atoms with Gasteiger partial charge < -0.3 is 15.2 Å². The second-order valence-corrected chi connectivity index (χ2v) is 8.56. The predicted octanol–water partition coefficient (Wildman–Crippen LogP) is 5.81. The van der Waals surface area contributed by atoms with Gasteiger partial charge in [0, 0.05) is 53.0 Å². The van der Waals surface area contributed by atoms with E-state index in [0.29, 0.717) is 34.1 Å². The fraction of sp³-hybridized carbons (Fsp3) is 0.107. The van der Waals surface area contributed by atoms with Crippen LogP contribution in [0, 0.1) is 13.8 Å². The Hall–Kier alpha value is -4.92. The van der Waals surface area contributed by atoms with Crippen molar-refractivity contribution in [1.82, 2.24) is 24.5 Å². The number of benzene rings is 2. The molecule has 5 aromatic rings. The van der Waals surface area contributed by atoms with Gasteiger partial charge in [0.1, 0.15) is 6.67 Å². The number of pyridine rings is 1. The summed E-state index contributed by atoms with van der Waals surface area (Å²) >= 11 is 0. The topological polar surface area (TPSA) is 97.6 Å². The molecule has 1 amide bonds. The lowest BCUT2D eigenvalue weighted by Crippen LogP contribution is -2.13. The van der Waals surface area contributed by atoms with Gasteiger partial charge in [-0.3, -0.25) is 9.78 Å². The fourth-order valence-electron chi connectivity index (χ4n) is 3.85. The third-order valence-electron chi connectivity index (χ3n) is 5.76. The highest BCUT2D eigenvalue weighted by Crippen LogP contribution is 2.24. The Morgan fingerprint density at radius 3 is 2.68 bits per heavy atom. The van der Waals surface area contributed by atoms with Crippen LogP contribution in [0.25, 0.3) is 16.9 Å². The SMILES string of the molecule is Cc1cn(-c2cc(CF)cc(NC(=O)c3ccc(C)c(Nc4nccc(-c5cccnc5)n4)c3)c2)cn1. The van der Waals surface area contributed by atoms with Gasteiger partial charge in [0.25, 0.3) is 5.91 Å². The molecule has 0 aliphatic rings. The number of alkyl halides is 1. The van der Waals surface area contributed by atoms with Gasteiger partial charge in [0.05, 0.1) is 17.7 Å². The van der Waals surface area contributed by atoms with E-state index < -0.39 is 6.67 Å². The van der Waals surface area contributed by atoms with Crippen LogP contribution in [-0.2, 0) is 6.67 Å². The predicted molar refractivity (Wildman–Crippen MR) is 141 cm³/mol. The molecule has 3 heterocycles. The van der Waals surface area contributed by atoms with Gasteiger partial charge >= 0.3 is 0 Å². The molecule has 0 saturated carbocycles. The van der Waals surface area contributed by atoms with Crippen molar-refractivity contribution in [2.24, 2.45) is 0 Å². The zero-order valence-corrected chi connectivity index (χ0v) is 20.3. The summed E-state index contributed by atoms with van der Waals surface area (Å²) in [7, 11) is 0. The van der Waals surface area contributed by atoms with Crippen molar-refractivity contribution < 1.29 is 9.18 Å². The van der Waals surface area contributed by atoms with Crippen LogP contribution >= 0.6 is 0 Å². The van der Waals surface area contributed by atoms with Crippen LogP contribution in [0.1, 0.15) is 27.2 Å². The lowest BCUT2D eigenvalue weighted by molar-refractivity contribution is 0.102. The first-order valence-corrected chi connectivity index (χ1v) is 11.6. The molecule has 0 radical (unpaired) electrons. The van der Waals surface area contributed by atoms with Gasteiger partial charge in [0.15, 0.2) is 0 Å². The molecule has 8 nitrogen and oxygen atoms in total. The molecule has 5 rings (SSSR count). The van der Waals surface area contributed by atoms with Gasteiger partial charge in [-0.1, -0.05) is 6.07 Å². The maximum absolute atomic E-state index is 13.5. The fourth-order valence-corrected chi connectivity index (χ4v) is 3.85. The maximum atomic E-state index is 13.5. The van der Waals surface area contributed by atoms with Crippen LogP contribution in [0.4, 0.5) is 21.7 Å². The number of imidazole rings is 1. The van der Waals surface area contributed by atoms with Crippen LogP contribution in [0.2, 0.25) is 0 Å². The number of aromatic nitrogens is 5. The number of carbonyl (C=O) groups is 1. The molecule has 0 unspecified atom stereocenters. The maximum Gasteiger partial charge on any atom is 0.255 e. The minimum Gasteiger partial charge on any atom is -0.324 e. The molecule has 0 aliphatic carbocycles. The Morgan fingerprint density at radius 2 is 1.92 bits per heavy atom. The summed E-state index contributed by atoms with van der Waals surface area (Å²) in [5.41, 5.74) is 6.15. The first kappa shape index (κ1) is 23.8. The molecule has 2 N–H and O–H groups in total. The summed E-state index contributed by atoms with van der Waals surface area (Å²) in [4.78, 5) is 30.4. The van der Waals surface area contributed by atoms with Crippen LogP contribution in [0.3, 0.4) is 0 Å². The molecule has 37 heavy (non-hydrogen) atoms. The summed E-state index contributed by atoms with van der Waals surface area (Å²) in [6, 6.07) is 16.0. The van der Waals surface area contributed by atoms with E-state index in [0.717, 1.165) is 22.5 Å². The highest BCUT2D eigenvalue weighted by atomic mass is 19.1. The number of nitrogens with zero attached hydrogens (tertiary/aromatic N) is 5. The lowest BCUT2D eigenvalue weighted by Gasteiger charge is -2.13. The summed E-state index contributed by atoms with van der Waals surface area (Å²) in [6.45, 7) is 3.15. The first-order chi connectivity index (χ1) is 18.0. The number of anilines is 3. The van der Waals surface area contributed by atoms with E-state index in [1.807, 2.05) is 44.3 Å². The number of nitrogens with one attached hydrogen (secondary N) is 2. The highest BCUT2D eigenvalue weighted by Gasteiger charge is 2.12. The molecule has 0 atom stereocenters. The van der Waals surface area contributed by atoms with E-state index in [9.17, 15) is 9.18 Å². The third-order valence-corrected chi connectivity index (χ3v) is 5.76. The molecule has 184 valence electrons. The Labute approximate surface area is 213 Å². The number of hydrogen-bond acceptors (Lipinski definition) is 6. The molecule has 0 fully saturated rings. The largest absolute Gasteiger partial charge is 0.324 e. The highest BCUT2D eigenvalue weighted by molar-refractivity contribution is 6.05. The third kappa shape index (κ3) is 5.51. The normalized spacial score (nSPS) is 10.8. The van der Waals surface area contributed by atoms with Gasteiger partial charge in [-0.25, -0.2) is 19.3 Å². The second-order valence-electron chi connectivity index (χ2n) is 8.56. The van der Waals surface area contributed by atoms with E-state index in [1.165, 1.54) is 0 Å². The molecular weight excluding hydrogens is 469 g/mol. The average Bonchev–Trinajstić information content (AvgIpc) is 3.36. The van der Waals surface area contributed by atoms with Gasteiger partial charge in [-0.2, -0.15) is 0 Å². The molecule has 9 heteroatoms. The lowest BCUT2D eigenvalue weighted by atomic mass is 10.1. The summed E-state index contributed by atoms with van der Waals surface area (Å²) < 4.78 is 15.3. The van der Waals surface area contributed by atoms with Crippen LogP contribution in [0.5, 0.6) is 0 Å². The van der Waals surface area contributed by atoms with Crippen molar-refractivity contribution in [3.05, 3.63) is 108 Å². The molecule has 0 bridgehead atoms. The molecule has 0 spiro atoms. The standard InChI is InChI=1S/C28H24FN7O/c1-18-5-6-21(12-26(18)35-28-31-9-7-25(34-28)22-4-3-8-30-15-22)27(37)33-23-10-20(14-29)11-24(13-23)36-16-19(2)32-17-36/h3-13,15-17H,14H2,1-2H3,(H,33,37)(H,31,34,35). The number of rotatable bonds is 7. The molecular formula is C28H24FN7O. The summed E-state index contributed by atoms with van der Waals surface area (Å²) in [5, 5.41) is 6.10. The van der Waals surface area contributed by atoms with Crippen LogP contribution < -0.4 is 10.6 Å². The number of carbonyl (C=O) groups excluding carboxylic acids is 1. The average molecular weight is 494 g/mol. The van der Waals surface area contributed by atoms with Gasteiger partial charge in [0.2, 0.25) is 5.95 Å². The zero-order chi connectivity index (χ0) is 25.8. The Kier molecular flexibility index (Phi) is 6.67. The van der Waals surface area contributed by atoms with Crippen LogP contribution in [0.15, 0.2) is 85.7 Å². The summed E-state index contributed by atoms with van der Waals surface area (Å²) in [6.07, 6.45) is 8.60. The van der Waals surface area contributed by atoms with Crippen molar-refractivity contribution in [2.75, 3.05) is 10.6 Å². The number of halogens is 1. The molecule has 3 aromatic heterocycles. The van der Waals surface area contributed by atoms with Crippen LogP contribution in [-0.4, -0.2) is 30.4 Å². The Morgan fingerprint density at radius 1 is 1.03 bits per heavy atom. The smallest absolute Gasteiger partial charge is 0.255 e. The van der Waals surface area contributed by atoms with E-state index in [-0.39, 0.29) is 5.91 Å².